The molecule has 0 saturated carbocycles. The molecule has 4 aliphatic carbocycles. The molecule has 0 bridgehead atoms. The maximum absolute atomic E-state index is 14.9. The number of Topliss-reactive ketones (excluding diaryl/α,β-unsaturated/α-hetero) is 2. The Morgan fingerprint density at radius 1 is 0.443 bits per heavy atom. The third-order valence-electron chi connectivity index (χ3n) is 17.6. The number of fused-ring (bicyclic) bond motifs is 12. The average Bonchev–Trinajstić information content (AvgIpc) is 1.49. The van der Waals surface area contributed by atoms with Crippen LogP contribution in [-0.4, -0.2) is 11.6 Å². The molecule has 418 valence electrons. The fourth-order valence-electron chi connectivity index (χ4n) is 13.7. The summed E-state index contributed by atoms with van der Waals surface area (Å²) in [7, 11) is 0. The van der Waals surface area contributed by atoms with Crippen molar-refractivity contribution in [2.75, 3.05) is 0 Å². The van der Waals surface area contributed by atoms with Crippen molar-refractivity contribution in [3.05, 3.63) is 313 Å². The maximum Gasteiger partial charge on any atom is 0.270 e. The molecule has 6 nitrogen and oxygen atoms in total. The van der Waals surface area contributed by atoms with Crippen molar-refractivity contribution in [1.82, 2.24) is 0 Å². The summed E-state index contributed by atoms with van der Waals surface area (Å²) in [6.45, 7) is 24.0. The first-order chi connectivity index (χ1) is 42.5. The highest BCUT2D eigenvalue weighted by atomic mass is 32.1. The Labute approximate surface area is 517 Å². The standard InChI is InChI=1S/C74H38F4N4O2S4/c1-35-7-15-39(16-8-35)73(40-17-9-36(2)10-18-40)53-27-50-54(28-49(53)69-65(73)71-61(87-69)25-43(85-71)23-51-63(59(33-79)81-5)45-29-55(75)57(77)31-47(45)67(51)83)74(41-19-11-37(3)12-20-41,42-21-13-38(4)14-22-42)66-70(50)88-62-26-44(86-72(62)66)24-52-64(60(34-80)82-6)46-30-56(76)58(78)32-48(46)68(52)84/h7-32H,1-4H3/b51-23-,52-24-,63-59-,64-60+. The lowest BCUT2D eigenvalue weighted by atomic mass is 9.65. The molecule has 7 aromatic carbocycles. The van der Waals surface area contributed by atoms with Crippen LogP contribution in [0.2, 0.25) is 0 Å². The minimum absolute atomic E-state index is 0.000832. The smallest absolute Gasteiger partial charge is 0.270 e. The summed E-state index contributed by atoms with van der Waals surface area (Å²) in [4.78, 5) is 38.9. The number of carbonyl (C=O) groups is 2. The molecule has 0 N–H and O–H groups in total. The molecule has 0 saturated heterocycles. The van der Waals surface area contributed by atoms with Crippen molar-refractivity contribution >= 4 is 99.0 Å². The topological polar surface area (TPSA) is 90.4 Å². The number of aryl methyl sites for hydroxylation is 4. The number of halogens is 4. The van der Waals surface area contributed by atoms with E-state index >= 15 is 0 Å². The Bertz CT molecular complexity index is 4910. The number of thiophene rings is 4. The van der Waals surface area contributed by atoms with E-state index in [1.807, 2.05) is 24.3 Å². The first-order valence-corrected chi connectivity index (χ1v) is 31.0. The molecule has 4 heterocycles. The summed E-state index contributed by atoms with van der Waals surface area (Å²) in [5, 5.41) is 20.4. The highest BCUT2D eigenvalue weighted by Gasteiger charge is 2.54. The molecule has 0 fully saturated rings. The minimum Gasteiger partial charge on any atom is -0.289 e. The second-order valence-electron chi connectivity index (χ2n) is 22.5. The van der Waals surface area contributed by atoms with E-state index in [0.29, 0.717) is 9.75 Å². The molecule has 4 aromatic heterocycles. The number of hydrogen-bond donors (Lipinski definition) is 0. The zero-order chi connectivity index (χ0) is 61.0. The van der Waals surface area contributed by atoms with Gasteiger partial charge in [0.15, 0.2) is 34.8 Å². The number of carbonyl (C=O) groups excluding carboxylic acids is 2. The first kappa shape index (κ1) is 54.5. The van der Waals surface area contributed by atoms with Gasteiger partial charge in [-0.05, 0) is 144 Å². The predicted octanol–water partition coefficient (Wildman–Crippen LogP) is 19.6. The predicted molar refractivity (Wildman–Crippen MR) is 342 cm³/mol. The van der Waals surface area contributed by atoms with Crippen LogP contribution in [-0.2, 0) is 10.8 Å². The van der Waals surface area contributed by atoms with Crippen molar-refractivity contribution in [3.63, 3.8) is 0 Å². The van der Waals surface area contributed by atoms with E-state index in [1.54, 1.807) is 34.8 Å². The summed E-state index contributed by atoms with van der Waals surface area (Å²) in [5.41, 5.74) is 11.6. The first-order valence-electron chi connectivity index (χ1n) is 27.7. The molecule has 0 amide bonds. The van der Waals surface area contributed by atoms with Crippen molar-refractivity contribution in [2.24, 2.45) is 0 Å². The van der Waals surface area contributed by atoms with Crippen molar-refractivity contribution in [3.8, 4) is 33.0 Å². The van der Waals surface area contributed by atoms with Crippen LogP contribution in [0.15, 0.2) is 168 Å². The van der Waals surface area contributed by atoms with E-state index in [9.17, 15) is 37.7 Å². The number of rotatable bonds is 6. The van der Waals surface area contributed by atoms with Gasteiger partial charge in [-0.15, -0.1) is 45.3 Å². The summed E-state index contributed by atoms with van der Waals surface area (Å²) in [5.74, 6) is -6.06. The molecule has 0 radical (unpaired) electrons. The average molecular weight is 1220 g/mol. The van der Waals surface area contributed by atoms with Crippen LogP contribution in [0, 0.1) is 86.8 Å². The van der Waals surface area contributed by atoms with Gasteiger partial charge in [0, 0.05) is 73.5 Å². The summed E-state index contributed by atoms with van der Waals surface area (Å²) in [6.07, 6.45) is 3.28. The Morgan fingerprint density at radius 2 is 0.750 bits per heavy atom. The van der Waals surface area contributed by atoms with Crippen LogP contribution in [0.3, 0.4) is 0 Å². The summed E-state index contributed by atoms with van der Waals surface area (Å²) in [6, 6.07) is 50.6. The van der Waals surface area contributed by atoms with Gasteiger partial charge in [-0.1, -0.05) is 119 Å². The van der Waals surface area contributed by atoms with Crippen LogP contribution in [0.4, 0.5) is 17.6 Å². The second-order valence-corrected chi connectivity index (χ2v) is 26.8. The molecule has 0 unspecified atom stereocenters. The molecule has 0 atom stereocenters. The fraction of sp³-hybridized carbons (Fsp3) is 0.0811. The summed E-state index contributed by atoms with van der Waals surface area (Å²) >= 11 is 6.22. The van der Waals surface area contributed by atoms with Crippen LogP contribution < -0.4 is 0 Å². The summed E-state index contributed by atoms with van der Waals surface area (Å²) < 4.78 is 63.3. The Hall–Kier alpha value is -10.2. The van der Waals surface area contributed by atoms with Crippen molar-refractivity contribution in [2.45, 2.75) is 38.5 Å². The monoisotopic (exact) mass is 1220 g/mol. The number of ketones is 2. The van der Waals surface area contributed by atoms with E-state index in [-0.39, 0.29) is 44.5 Å². The molecular formula is C74H38F4N4O2S4. The lowest BCUT2D eigenvalue weighted by Gasteiger charge is -2.35. The zero-order valence-electron chi connectivity index (χ0n) is 46.8. The fourth-order valence-corrected chi connectivity index (χ4v) is 19.1. The van der Waals surface area contributed by atoms with Crippen molar-refractivity contribution in [1.29, 1.82) is 10.5 Å². The van der Waals surface area contributed by atoms with Crippen LogP contribution in [0.25, 0.3) is 72.7 Å². The zero-order valence-corrected chi connectivity index (χ0v) is 50.0. The molecule has 11 aromatic rings. The Balaban J connectivity index is 1.01. The molecule has 15 rings (SSSR count). The Morgan fingerprint density at radius 3 is 1.05 bits per heavy atom. The second kappa shape index (κ2) is 19.7. The molecule has 4 aliphatic rings. The highest BCUT2D eigenvalue weighted by Crippen LogP contribution is 2.68. The van der Waals surface area contributed by atoms with Gasteiger partial charge >= 0.3 is 0 Å². The molecular weight excluding hydrogens is 1180 g/mol. The van der Waals surface area contributed by atoms with E-state index in [0.717, 1.165) is 131 Å². The Kier molecular flexibility index (Phi) is 12.2. The number of allylic oxidation sites excluding steroid dienone is 6. The number of benzene rings is 7. The molecule has 14 heteroatoms. The highest BCUT2D eigenvalue weighted by molar-refractivity contribution is 7.31. The van der Waals surface area contributed by atoms with Crippen LogP contribution in [0.5, 0.6) is 0 Å². The van der Waals surface area contributed by atoms with Gasteiger partial charge in [0.25, 0.3) is 11.4 Å². The molecule has 0 aliphatic heterocycles. The van der Waals surface area contributed by atoms with Gasteiger partial charge in [-0.2, -0.15) is 0 Å². The number of hydrogen-bond acceptors (Lipinski definition) is 8. The largest absolute Gasteiger partial charge is 0.289 e. The van der Waals surface area contributed by atoms with Gasteiger partial charge in [0.1, 0.15) is 0 Å². The quantitative estimate of drug-likeness (QED) is 0.0718. The van der Waals surface area contributed by atoms with Gasteiger partial charge in [-0.3, -0.25) is 9.59 Å². The lowest BCUT2D eigenvalue weighted by molar-refractivity contribution is 0.103. The van der Waals surface area contributed by atoms with Gasteiger partial charge in [0.05, 0.1) is 45.5 Å². The normalized spacial score (nSPS) is 16.7. The number of nitriles is 2. The molecule has 88 heavy (non-hydrogen) atoms. The van der Waals surface area contributed by atoms with Gasteiger partial charge < -0.3 is 0 Å². The van der Waals surface area contributed by atoms with Gasteiger partial charge in [0.2, 0.25) is 0 Å². The van der Waals surface area contributed by atoms with Crippen molar-refractivity contribution < 1.29 is 27.2 Å². The molecule has 0 spiro atoms. The lowest BCUT2D eigenvalue weighted by Crippen LogP contribution is -2.30. The minimum atomic E-state index is -1.21. The van der Waals surface area contributed by atoms with E-state index < -0.39 is 57.1 Å². The third kappa shape index (κ3) is 7.51. The third-order valence-corrected chi connectivity index (χ3v) is 22.4. The van der Waals surface area contributed by atoms with E-state index in [1.165, 1.54) is 22.7 Å². The number of nitrogens with zero attached hydrogens (tertiary/aromatic N) is 4. The van der Waals surface area contributed by atoms with Crippen LogP contribution >= 0.6 is 45.3 Å². The van der Waals surface area contributed by atoms with Gasteiger partial charge in [-0.25, -0.2) is 37.8 Å². The SMILES string of the molecule is [C-]#[N+]/C(C#N)=C1\C(=C\c2cc3sc4c(c3s2)C(c2ccc(C)cc2)(c2ccc(C)cc2)c2cc3c(cc2-4)C(c2ccc(C)cc2)(c2ccc(C)cc2)c2c-3sc3cc(/C=C4\C(=O)c5cc(F)c(F)cc5\C4=C(\C#N)[N+]#[C-])sc23)C(=O)c2cc(F)c(F)cc21. The van der Waals surface area contributed by atoms with E-state index in [2.05, 4.69) is 147 Å². The maximum atomic E-state index is 14.9. The van der Waals surface area contributed by atoms with Crippen LogP contribution in [0.1, 0.15) is 108 Å². The van der Waals surface area contributed by atoms with E-state index in [4.69, 9.17) is 13.1 Å².